The zero-order chi connectivity index (χ0) is 27.8. The third kappa shape index (κ3) is 4.95. The summed E-state index contributed by atoms with van der Waals surface area (Å²) in [5.41, 5.74) is 1.19. The Morgan fingerprint density at radius 1 is 1.18 bits per heavy atom. The quantitative estimate of drug-likeness (QED) is 0.131. The number of rotatable bonds is 7. The van der Waals surface area contributed by atoms with Crippen LogP contribution in [0.5, 0.6) is 17.2 Å². The number of methoxy groups -OCH3 is 1. The molecule has 8 nitrogen and oxygen atoms in total. The highest BCUT2D eigenvalue weighted by Crippen LogP contribution is 2.47. The van der Waals surface area contributed by atoms with Crippen molar-refractivity contribution >= 4 is 71.7 Å². The number of ketones is 1. The molecule has 1 aliphatic heterocycles. The predicted molar refractivity (Wildman–Crippen MR) is 154 cm³/mol. The number of hydrogen-bond acceptors (Lipinski definition) is 8. The number of nitrogens with zero attached hydrogens (tertiary/aromatic N) is 2. The normalized spacial score (nSPS) is 16.7. The molecule has 3 aromatic carbocycles. The molecule has 0 bridgehead atoms. The number of hydrogen-bond donors (Lipinski definition) is 2. The maximum atomic E-state index is 13.5. The highest BCUT2D eigenvalue weighted by Gasteiger charge is 2.48. The topological polar surface area (TPSA) is 109 Å². The van der Waals surface area contributed by atoms with Crippen molar-refractivity contribution in [2.75, 3.05) is 18.6 Å². The lowest BCUT2D eigenvalue weighted by Gasteiger charge is -2.24. The van der Waals surface area contributed by atoms with Crippen LogP contribution in [0.25, 0.3) is 16.0 Å². The lowest BCUT2D eigenvalue weighted by Crippen LogP contribution is -2.29. The molecule has 0 aliphatic carbocycles. The molecule has 4 aromatic rings. The first-order valence-electron chi connectivity index (χ1n) is 11.9. The summed E-state index contributed by atoms with van der Waals surface area (Å²) in [6.45, 7) is 2.46. The van der Waals surface area contributed by atoms with E-state index in [0.29, 0.717) is 34.0 Å². The number of phenols is 1. The van der Waals surface area contributed by atoms with Crippen molar-refractivity contribution < 1.29 is 29.3 Å². The third-order valence-corrected chi connectivity index (χ3v) is 8.01. The largest absolute Gasteiger partial charge is 0.507 e. The fourth-order valence-corrected chi connectivity index (χ4v) is 6.08. The van der Waals surface area contributed by atoms with Gasteiger partial charge >= 0.3 is 5.91 Å². The van der Waals surface area contributed by atoms with Crippen LogP contribution in [0.3, 0.4) is 0 Å². The van der Waals surface area contributed by atoms with Crippen LogP contribution in [-0.2, 0) is 9.59 Å². The molecule has 1 fully saturated rings. The summed E-state index contributed by atoms with van der Waals surface area (Å²) >= 11 is 10.7. The molecule has 11 heteroatoms. The molecule has 1 amide bonds. The summed E-state index contributed by atoms with van der Waals surface area (Å²) < 4.78 is 12.0. The van der Waals surface area contributed by atoms with Gasteiger partial charge in [0.25, 0.3) is 5.78 Å². The van der Waals surface area contributed by atoms with E-state index in [-0.39, 0.29) is 32.4 Å². The van der Waals surface area contributed by atoms with Crippen molar-refractivity contribution in [3.8, 4) is 17.2 Å². The average molecular weight is 630 g/mol. The number of phenolic OH excluding ortho intramolecular Hbond substituents is 1. The number of amides is 1. The van der Waals surface area contributed by atoms with Crippen LogP contribution in [0.15, 0.2) is 64.6 Å². The summed E-state index contributed by atoms with van der Waals surface area (Å²) in [5.74, 6) is -1.60. The van der Waals surface area contributed by atoms with Crippen LogP contribution in [0.4, 0.5) is 5.13 Å². The van der Waals surface area contributed by atoms with E-state index in [0.717, 1.165) is 11.1 Å². The molecule has 0 spiro atoms. The van der Waals surface area contributed by atoms with Crippen LogP contribution in [-0.4, -0.2) is 40.6 Å². The Morgan fingerprint density at radius 2 is 1.97 bits per heavy atom. The molecular weight excluding hydrogens is 608 g/mol. The van der Waals surface area contributed by atoms with Gasteiger partial charge in [0.15, 0.2) is 16.6 Å². The van der Waals surface area contributed by atoms with E-state index >= 15 is 0 Å². The zero-order valence-electron chi connectivity index (χ0n) is 20.8. The highest BCUT2D eigenvalue weighted by atomic mass is 79.9. The maximum Gasteiger partial charge on any atom is 0.301 e. The first-order valence-corrected chi connectivity index (χ1v) is 13.9. The van der Waals surface area contributed by atoms with E-state index in [1.807, 2.05) is 6.92 Å². The molecule has 1 aromatic heterocycles. The van der Waals surface area contributed by atoms with Crippen LogP contribution in [0.2, 0.25) is 5.02 Å². The average Bonchev–Trinajstić information content (AvgIpc) is 3.46. The Bertz CT molecular complexity index is 1650. The number of Topliss-reactive ketones (excluding diaryl/α,β-unsaturated/α-hetero) is 1. The number of aromatic hydroxyl groups is 1. The molecule has 0 radical (unpaired) electrons. The molecule has 0 saturated carbocycles. The third-order valence-electron chi connectivity index (χ3n) is 6.16. The van der Waals surface area contributed by atoms with Gasteiger partial charge in [0.1, 0.15) is 11.5 Å². The molecule has 200 valence electrons. The number of thiazole rings is 1. The second-order valence-electron chi connectivity index (χ2n) is 8.71. The summed E-state index contributed by atoms with van der Waals surface area (Å²) in [5, 5.41) is 22.6. The molecule has 1 unspecified atom stereocenters. The summed E-state index contributed by atoms with van der Waals surface area (Å²) in [7, 11) is 1.39. The highest BCUT2D eigenvalue weighted by molar-refractivity contribution is 9.10. The van der Waals surface area contributed by atoms with Crippen molar-refractivity contribution in [2.45, 2.75) is 19.4 Å². The Labute approximate surface area is 241 Å². The minimum absolute atomic E-state index is 0.121. The molecule has 1 aliphatic rings. The smallest absolute Gasteiger partial charge is 0.301 e. The van der Waals surface area contributed by atoms with Gasteiger partial charge in [-0.05, 0) is 70.4 Å². The molecule has 1 saturated heterocycles. The number of benzene rings is 3. The van der Waals surface area contributed by atoms with Gasteiger partial charge in [-0.1, -0.05) is 42.0 Å². The number of fused-ring (bicyclic) bond motifs is 1. The van der Waals surface area contributed by atoms with E-state index in [1.54, 1.807) is 48.5 Å². The monoisotopic (exact) mass is 628 g/mol. The van der Waals surface area contributed by atoms with Crippen molar-refractivity contribution in [3.63, 3.8) is 0 Å². The van der Waals surface area contributed by atoms with Crippen LogP contribution >= 0.6 is 38.9 Å². The number of carbonyl (C=O) groups is 2. The van der Waals surface area contributed by atoms with E-state index in [4.69, 9.17) is 21.1 Å². The fourth-order valence-electron chi connectivity index (χ4n) is 4.35. The molecule has 2 heterocycles. The number of halogens is 2. The predicted octanol–water partition coefficient (Wildman–Crippen LogP) is 6.84. The van der Waals surface area contributed by atoms with Gasteiger partial charge in [-0.2, -0.15) is 0 Å². The van der Waals surface area contributed by atoms with Crippen molar-refractivity contribution in [1.29, 1.82) is 0 Å². The lowest BCUT2D eigenvalue weighted by atomic mass is 9.95. The van der Waals surface area contributed by atoms with Gasteiger partial charge in [-0.25, -0.2) is 4.98 Å². The van der Waals surface area contributed by atoms with Crippen LogP contribution in [0.1, 0.15) is 30.5 Å². The zero-order valence-corrected chi connectivity index (χ0v) is 23.9. The molecule has 1 atom stereocenters. The number of anilines is 1. The second-order valence-corrected chi connectivity index (χ2v) is 11.0. The molecular formula is C28H22BrClN2O6S. The van der Waals surface area contributed by atoms with Gasteiger partial charge in [-0.3, -0.25) is 14.5 Å². The number of aliphatic hydroxyl groups excluding tert-OH is 1. The van der Waals surface area contributed by atoms with Crippen molar-refractivity contribution in [2.24, 2.45) is 0 Å². The van der Waals surface area contributed by atoms with Crippen LogP contribution in [0, 0.1) is 0 Å². The Balaban J connectivity index is 1.73. The lowest BCUT2D eigenvalue weighted by molar-refractivity contribution is -0.132. The van der Waals surface area contributed by atoms with E-state index in [1.165, 1.54) is 29.4 Å². The fraction of sp³-hybridized carbons (Fsp3) is 0.179. The number of aromatic nitrogens is 1. The van der Waals surface area contributed by atoms with E-state index in [9.17, 15) is 19.8 Å². The Morgan fingerprint density at radius 3 is 2.72 bits per heavy atom. The van der Waals surface area contributed by atoms with Gasteiger partial charge in [0.2, 0.25) is 0 Å². The number of ether oxygens (including phenoxy) is 2. The number of aliphatic hydroxyl groups is 1. The minimum atomic E-state index is -1.08. The van der Waals surface area contributed by atoms with E-state index in [2.05, 4.69) is 20.9 Å². The Kier molecular flexibility index (Phi) is 7.53. The van der Waals surface area contributed by atoms with Gasteiger partial charge in [0, 0.05) is 10.6 Å². The van der Waals surface area contributed by atoms with Gasteiger partial charge in [0.05, 0.1) is 40.0 Å². The first kappa shape index (κ1) is 27.0. The minimum Gasteiger partial charge on any atom is -0.507 e. The van der Waals surface area contributed by atoms with Crippen molar-refractivity contribution in [1.82, 2.24) is 4.98 Å². The SMILES string of the molecule is CCCOc1cccc(C(O)=C2C(=O)C(=O)N(c3nc4ccc(Cl)cc4s3)C2c2cc(Br)c(O)c(OC)c2)c1. The summed E-state index contributed by atoms with van der Waals surface area (Å²) in [6, 6.07) is 13.8. The first-order chi connectivity index (χ1) is 18.7. The molecule has 39 heavy (non-hydrogen) atoms. The Hall–Kier alpha value is -3.60. The van der Waals surface area contributed by atoms with Gasteiger partial charge < -0.3 is 19.7 Å². The van der Waals surface area contributed by atoms with E-state index < -0.39 is 17.7 Å². The van der Waals surface area contributed by atoms with Gasteiger partial charge in [-0.15, -0.1) is 0 Å². The molecule has 5 rings (SSSR count). The molecule has 2 N–H and O–H groups in total. The second kappa shape index (κ2) is 10.9. The maximum absolute atomic E-state index is 13.5. The van der Waals surface area contributed by atoms with Crippen molar-refractivity contribution in [3.05, 3.63) is 80.8 Å². The summed E-state index contributed by atoms with van der Waals surface area (Å²) in [6.07, 6.45) is 0.798. The van der Waals surface area contributed by atoms with Crippen LogP contribution < -0.4 is 14.4 Å². The standard InChI is InChI=1S/C28H22BrClN2O6S/c1-3-9-38-17-6-4-5-14(10-17)24(33)22-23(15-11-18(29)25(34)20(12-15)37-2)32(27(36)26(22)35)28-31-19-8-7-16(30)13-21(19)39-28/h4-8,10-13,23,33-34H,3,9H2,1-2H3. The number of carbonyl (C=O) groups excluding carboxylic acids is 2. The summed E-state index contributed by atoms with van der Waals surface area (Å²) in [4.78, 5) is 32.9.